The maximum absolute atomic E-state index is 13.3. The van der Waals surface area contributed by atoms with Crippen LogP contribution in [0.1, 0.15) is 24.4 Å². The lowest BCUT2D eigenvalue weighted by atomic mass is 10.1. The molecule has 2 heterocycles. The number of aromatic amines is 1. The lowest BCUT2D eigenvalue weighted by molar-refractivity contribution is 0.588. The van der Waals surface area contributed by atoms with Crippen LogP contribution in [0, 0.1) is 12.7 Å². The standard InChI is InChI=1S/C15H18FN3/c1-10-15(11-4-2-5-12(16)8-11)19-14(18-10)9-13-6-3-7-17-13/h2,4-5,8,13,17H,3,6-7,9H2,1H3,(H,18,19). The molecule has 1 aromatic heterocycles. The smallest absolute Gasteiger partial charge is 0.123 e. The third-order valence-electron chi connectivity index (χ3n) is 3.63. The Hall–Kier alpha value is -1.68. The molecule has 1 unspecified atom stereocenters. The van der Waals surface area contributed by atoms with Crippen molar-refractivity contribution in [2.24, 2.45) is 0 Å². The summed E-state index contributed by atoms with van der Waals surface area (Å²) in [6, 6.07) is 7.11. The average Bonchev–Trinajstić information content (AvgIpc) is 3.00. The number of hydrogen-bond acceptors (Lipinski definition) is 2. The number of nitrogens with zero attached hydrogens (tertiary/aromatic N) is 1. The SMILES string of the molecule is Cc1[nH]c(CC2CCCN2)nc1-c1cccc(F)c1. The van der Waals surface area contributed by atoms with E-state index in [0.29, 0.717) is 6.04 Å². The third kappa shape index (κ3) is 2.68. The number of rotatable bonds is 3. The normalized spacial score (nSPS) is 18.9. The minimum Gasteiger partial charge on any atom is -0.346 e. The van der Waals surface area contributed by atoms with Crippen molar-refractivity contribution >= 4 is 0 Å². The van der Waals surface area contributed by atoms with Crippen LogP contribution < -0.4 is 5.32 Å². The maximum Gasteiger partial charge on any atom is 0.123 e. The third-order valence-corrected chi connectivity index (χ3v) is 3.63. The van der Waals surface area contributed by atoms with Gasteiger partial charge in [0, 0.05) is 23.7 Å². The molecule has 1 aliphatic rings. The predicted molar refractivity (Wildman–Crippen MR) is 73.4 cm³/mol. The molecule has 0 amide bonds. The van der Waals surface area contributed by atoms with Gasteiger partial charge in [0.1, 0.15) is 11.6 Å². The van der Waals surface area contributed by atoms with E-state index in [2.05, 4.69) is 15.3 Å². The van der Waals surface area contributed by atoms with Crippen molar-refractivity contribution in [3.63, 3.8) is 0 Å². The van der Waals surface area contributed by atoms with Crippen LogP contribution in [-0.4, -0.2) is 22.6 Å². The summed E-state index contributed by atoms with van der Waals surface area (Å²) in [5.74, 6) is 0.759. The van der Waals surface area contributed by atoms with Crippen LogP contribution in [0.4, 0.5) is 4.39 Å². The first-order valence-electron chi connectivity index (χ1n) is 6.77. The summed E-state index contributed by atoms with van der Waals surface area (Å²) >= 11 is 0. The molecule has 2 aromatic rings. The van der Waals surface area contributed by atoms with Gasteiger partial charge in [0.15, 0.2) is 0 Å². The first-order chi connectivity index (χ1) is 9.22. The summed E-state index contributed by atoms with van der Waals surface area (Å²) in [7, 11) is 0. The Morgan fingerprint density at radius 2 is 2.32 bits per heavy atom. The summed E-state index contributed by atoms with van der Waals surface area (Å²) in [4.78, 5) is 7.94. The molecule has 0 bridgehead atoms. The largest absolute Gasteiger partial charge is 0.346 e. The van der Waals surface area contributed by atoms with Gasteiger partial charge in [0.05, 0.1) is 5.69 Å². The van der Waals surface area contributed by atoms with E-state index in [-0.39, 0.29) is 5.82 Å². The van der Waals surface area contributed by atoms with Gasteiger partial charge in [-0.3, -0.25) is 0 Å². The van der Waals surface area contributed by atoms with Crippen molar-refractivity contribution in [3.05, 3.63) is 41.6 Å². The van der Waals surface area contributed by atoms with Gasteiger partial charge in [0.25, 0.3) is 0 Å². The van der Waals surface area contributed by atoms with Gasteiger partial charge in [-0.05, 0) is 38.4 Å². The second-order valence-electron chi connectivity index (χ2n) is 5.16. The fourth-order valence-corrected chi connectivity index (χ4v) is 2.70. The van der Waals surface area contributed by atoms with E-state index in [4.69, 9.17) is 0 Å². The number of halogens is 1. The molecule has 19 heavy (non-hydrogen) atoms. The Kier molecular flexibility index (Phi) is 3.34. The summed E-state index contributed by atoms with van der Waals surface area (Å²) in [5, 5.41) is 3.46. The Morgan fingerprint density at radius 1 is 1.42 bits per heavy atom. The summed E-state index contributed by atoms with van der Waals surface area (Å²) in [6.07, 6.45) is 3.35. The molecule has 3 nitrogen and oxygen atoms in total. The molecule has 1 fully saturated rings. The van der Waals surface area contributed by atoms with E-state index >= 15 is 0 Å². The highest BCUT2D eigenvalue weighted by molar-refractivity contribution is 5.61. The molecule has 100 valence electrons. The van der Waals surface area contributed by atoms with Crippen LogP contribution >= 0.6 is 0 Å². The molecule has 1 atom stereocenters. The Labute approximate surface area is 112 Å². The zero-order valence-electron chi connectivity index (χ0n) is 11.0. The highest BCUT2D eigenvalue weighted by Gasteiger charge is 2.17. The molecule has 1 aliphatic heterocycles. The van der Waals surface area contributed by atoms with Gasteiger partial charge >= 0.3 is 0 Å². The van der Waals surface area contributed by atoms with Gasteiger partial charge in [-0.15, -0.1) is 0 Å². The summed E-state index contributed by atoms with van der Waals surface area (Å²) in [5.41, 5.74) is 2.69. The molecule has 1 saturated heterocycles. The highest BCUT2D eigenvalue weighted by atomic mass is 19.1. The fourth-order valence-electron chi connectivity index (χ4n) is 2.70. The molecule has 3 rings (SSSR count). The summed E-state index contributed by atoms with van der Waals surface area (Å²) in [6.45, 7) is 3.08. The zero-order valence-corrected chi connectivity index (χ0v) is 11.0. The second-order valence-corrected chi connectivity index (χ2v) is 5.16. The van der Waals surface area contributed by atoms with E-state index in [1.165, 1.54) is 25.0 Å². The van der Waals surface area contributed by atoms with E-state index in [1.54, 1.807) is 6.07 Å². The maximum atomic E-state index is 13.3. The number of imidazole rings is 1. The van der Waals surface area contributed by atoms with Crippen molar-refractivity contribution in [3.8, 4) is 11.3 Å². The van der Waals surface area contributed by atoms with E-state index in [9.17, 15) is 4.39 Å². The molecule has 4 heteroatoms. The monoisotopic (exact) mass is 259 g/mol. The minimum atomic E-state index is -0.223. The average molecular weight is 259 g/mol. The number of H-pyrrole nitrogens is 1. The summed E-state index contributed by atoms with van der Waals surface area (Å²) < 4.78 is 13.3. The highest BCUT2D eigenvalue weighted by Crippen LogP contribution is 2.22. The quantitative estimate of drug-likeness (QED) is 0.890. The molecular formula is C15H18FN3. The van der Waals surface area contributed by atoms with Crippen LogP contribution in [0.2, 0.25) is 0 Å². The van der Waals surface area contributed by atoms with Crippen molar-refractivity contribution < 1.29 is 4.39 Å². The first-order valence-corrected chi connectivity index (χ1v) is 6.77. The van der Waals surface area contributed by atoms with Gasteiger partial charge in [-0.25, -0.2) is 9.37 Å². The van der Waals surface area contributed by atoms with Gasteiger partial charge in [0.2, 0.25) is 0 Å². The molecule has 1 aromatic carbocycles. The van der Waals surface area contributed by atoms with Crippen LogP contribution in [0.3, 0.4) is 0 Å². The van der Waals surface area contributed by atoms with Crippen molar-refractivity contribution in [2.45, 2.75) is 32.2 Å². The zero-order chi connectivity index (χ0) is 13.2. The Balaban J connectivity index is 1.84. The van der Waals surface area contributed by atoms with E-state index < -0.39 is 0 Å². The molecule has 0 saturated carbocycles. The minimum absolute atomic E-state index is 0.223. The number of aromatic nitrogens is 2. The molecule has 0 aliphatic carbocycles. The molecule has 2 N–H and O–H groups in total. The van der Waals surface area contributed by atoms with Gasteiger partial charge in [-0.2, -0.15) is 0 Å². The van der Waals surface area contributed by atoms with Crippen molar-refractivity contribution in [1.82, 2.24) is 15.3 Å². The van der Waals surface area contributed by atoms with Crippen LogP contribution in [0.15, 0.2) is 24.3 Å². The number of hydrogen-bond donors (Lipinski definition) is 2. The van der Waals surface area contributed by atoms with Crippen molar-refractivity contribution in [2.75, 3.05) is 6.54 Å². The molecule has 0 radical (unpaired) electrons. The lowest BCUT2D eigenvalue weighted by Crippen LogP contribution is -2.24. The van der Waals surface area contributed by atoms with Crippen LogP contribution in [-0.2, 0) is 6.42 Å². The van der Waals surface area contributed by atoms with Gasteiger partial charge < -0.3 is 10.3 Å². The van der Waals surface area contributed by atoms with Crippen LogP contribution in [0.25, 0.3) is 11.3 Å². The van der Waals surface area contributed by atoms with E-state index in [0.717, 1.165) is 35.7 Å². The predicted octanol–water partition coefficient (Wildman–Crippen LogP) is 2.82. The van der Waals surface area contributed by atoms with Gasteiger partial charge in [-0.1, -0.05) is 12.1 Å². The van der Waals surface area contributed by atoms with Crippen molar-refractivity contribution in [1.29, 1.82) is 0 Å². The number of benzene rings is 1. The topological polar surface area (TPSA) is 40.7 Å². The Bertz CT molecular complexity index is 571. The Morgan fingerprint density at radius 3 is 3.05 bits per heavy atom. The van der Waals surface area contributed by atoms with E-state index in [1.807, 2.05) is 13.0 Å². The fraction of sp³-hybridized carbons (Fsp3) is 0.400. The molecular weight excluding hydrogens is 241 g/mol. The molecule has 0 spiro atoms. The first kappa shape index (κ1) is 12.4. The number of aryl methyl sites for hydroxylation is 1. The lowest BCUT2D eigenvalue weighted by Gasteiger charge is -2.06. The second kappa shape index (κ2) is 5.13. The van der Waals surface area contributed by atoms with Crippen LogP contribution in [0.5, 0.6) is 0 Å². The number of nitrogens with one attached hydrogen (secondary N) is 2.